The number of nitro benzene ring substituents is 1. The van der Waals surface area contributed by atoms with Crippen LogP contribution in [0.4, 0.5) is 10.1 Å². The minimum Gasteiger partial charge on any atom is -0.383 e. The van der Waals surface area contributed by atoms with E-state index in [1.54, 1.807) is 37.4 Å². The Morgan fingerprint density at radius 3 is 2.67 bits per heavy atom. The van der Waals surface area contributed by atoms with E-state index < -0.39 is 0 Å². The van der Waals surface area contributed by atoms with Gasteiger partial charge < -0.3 is 9.64 Å². The van der Waals surface area contributed by atoms with Crippen molar-refractivity contribution >= 4 is 11.6 Å². The minimum atomic E-state index is -0.360. The van der Waals surface area contributed by atoms with Crippen LogP contribution < -0.4 is 0 Å². The number of nitrogens with zero attached hydrogens (tertiary/aromatic N) is 3. The van der Waals surface area contributed by atoms with E-state index in [9.17, 15) is 19.3 Å². The van der Waals surface area contributed by atoms with E-state index in [-0.39, 0.29) is 40.1 Å². The van der Waals surface area contributed by atoms with E-state index in [2.05, 4.69) is 4.90 Å². The molecular weight excluding hydrogens is 425 g/mol. The highest BCUT2D eigenvalue weighted by molar-refractivity contribution is 5.78. The zero-order chi connectivity index (χ0) is 24.0. The number of carbonyl (C=O) groups is 1. The second-order valence-electron chi connectivity index (χ2n) is 8.93. The van der Waals surface area contributed by atoms with Crippen molar-refractivity contribution in [2.24, 2.45) is 11.8 Å². The van der Waals surface area contributed by atoms with Crippen LogP contribution >= 0.6 is 0 Å². The number of benzene rings is 2. The largest absolute Gasteiger partial charge is 0.383 e. The second kappa shape index (κ2) is 11.3. The van der Waals surface area contributed by atoms with Crippen LogP contribution in [0.3, 0.4) is 0 Å². The number of ether oxygens (including phenoxy) is 1. The van der Waals surface area contributed by atoms with Crippen LogP contribution in [0.25, 0.3) is 0 Å². The summed E-state index contributed by atoms with van der Waals surface area (Å²) in [6.45, 7) is 6.92. The summed E-state index contributed by atoms with van der Waals surface area (Å²) in [5.41, 5.74) is 1.63. The van der Waals surface area contributed by atoms with Crippen LogP contribution in [0.1, 0.15) is 30.9 Å². The van der Waals surface area contributed by atoms with Gasteiger partial charge in [-0.05, 0) is 23.6 Å². The Hall–Kier alpha value is -2.84. The fourth-order valence-electron chi connectivity index (χ4n) is 4.59. The van der Waals surface area contributed by atoms with Crippen LogP contribution in [0.15, 0.2) is 48.5 Å². The lowest BCUT2D eigenvalue weighted by molar-refractivity contribution is -0.385. The molecule has 7 nitrogen and oxygen atoms in total. The number of amides is 1. The van der Waals surface area contributed by atoms with E-state index in [1.165, 1.54) is 12.1 Å². The molecule has 178 valence electrons. The van der Waals surface area contributed by atoms with Crippen molar-refractivity contribution in [1.82, 2.24) is 9.80 Å². The smallest absolute Gasteiger partial charge is 0.273 e. The third-order valence-corrected chi connectivity index (χ3v) is 6.20. The average Bonchev–Trinajstić information content (AvgIpc) is 3.18. The SMILES string of the molecule is COCCN(C[C@@H]1CN(Cc2ccccc2[N+](=O)[O-])C[C@H]1c1cccc(F)c1)C(=O)C(C)C. The van der Waals surface area contributed by atoms with Crippen molar-refractivity contribution in [2.45, 2.75) is 26.3 Å². The first-order valence-corrected chi connectivity index (χ1v) is 11.3. The van der Waals surface area contributed by atoms with Crippen molar-refractivity contribution in [1.29, 1.82) is 0 Å². The van der Waals surface area contributed by atoms with Crippen molar-refractivity contribution in [3.63, 3.8) is 0 Å². The predicted octanol–water partition coefficient (Wildman–Crippen LogP) is 4.08. The number of rotatable bonds is 10. The molecule has 0 aliphatic carbocycles. The summed E-state index contributed by atoms with van der Waals surface area (Å²) in [6, 6.07) is 13.3. The molecule has 1 heterocycles. The topological polar surface area (TPSA) is 75.9 Å². The second-order valence-corrected chi connectivity index (χ2v) is 8.93. The van der Waals surface area contributed by atoms with Gasteiger partial charge >= 0.3 is 0 Å². The summed E-state index contributed by atoms with van der Waals surface area (Å²) in [7, 11) is 1.61. The van der Waals surface area contributed by atoms with Crippen molar-refractivity contribution in [2.75, 3.05) is 39.9 Å². The molecule has 1 fully saturated rings. The van der Waals surface area contributed by atoms with E-state index in [0.717, 1.165) is 5.56 Å². The lowest BCUT2D eigenvalue weighted by Gasteiger charge is -2.29. The highest BCUT2D eigenvalue weighted by Crippen LogP contribution is 2.35. The van der Waals surface area contributed by atoms with Gasteiger partial charge in [-0.2, -0.15) is 0 Å². The fraction of sp³-hybridized carbons (Fsp3) is 0.480. The van der Waals surface area contributed by atoms with Crippen LogP contribution in [0.5, 0.6) is 0 Å². The van der Waals surface area contributed by atoms with Crippen LogP contribution in [0, 0.1) is 27.8 Å². The molecule has 0 bridgehead atoms. The van der Waals surface area contributed by atoms with Gasteiger partial charge in [0.1, 0.15) is 5.82 Å². The first-order chi connectivity index (χ1) is 15.8. The molecule has 0 unspecified atom stereocenters. The molecule has 2 aromatic rings. The molecule has 0 aromatic heterocycles. The summed E-state index contributed by atoms with van der Waals surface area (Å²) in [4.78, 5) is 27.9. The molecule has 8 heteroatoms. The standard InChI is InChI=1S/C25H32FN3O4/c1-18(2)25(30)28(11-12-33-3)16-21-15-27(14-20-7-4-5-10-24(20)29(31)32)17-23(21)19-8-6-9-22(26)13-19/h4-10,13,18,21,23H,11-12,14-17H2,1-3H3/t21-,23-/m0/s1. The lowest BCUT2D eigenvalue weighted by atomic mass is 9.88. The Balaban J connectivity index is 1.86. The normalized spacial score (nSPS) is 18.6. The van der Waals surface area contributed by atoms with Crippen molar-refractivity contribution < 1.29 is 18.8 Å². The molecule has 1 aliphatic heterocycles. The summed E-state index contributed by atoms with van der Waals surface area (Å²) in [5, 5.41) is 11.5. The minimum absolute atomic E-state index is 0.00785. The maximum atomic E-state index is 14.0. The van der Waals surface area contributed by atoms with Gasteiger partial charge in [0.25, 0.3) is 5.69 Å². The Morgan fingerprint density at radius 1 is 1.24 bits per heavy atom. The third-order valence-electron chi connectivity index (χ3n) is 6.20. The number of likely N-dealkylation sites (tertiary alicyclic amines) is 1. The molecule has 1 amide bonds. The van der Waals surface area contributed by atoms with Gasteiger partial charge in [0.15, 0.2) is 0 Å². The maximum absolute atomic E-state index is 14.0. The summed E-state index contributed by atoms with van der Waals surface area (Å²) in [5.74, 6) is -0.304. The quantitative estimate of drug-likeness (QED) is 0.397. The molecule has 2 aromatic carbocycles. The summed E-state index contributed by atoms with van der Waals surface area (Å²) < 4.78 is 19.2. The Labute approximate surface area is 194 Å². The van der Waals surface area contributed by atoms with Crippen LogP contribution in [-0.2, 0) is 16.1 Å². The Kier molecular flexibility index (Phi) is 8.52. The van der Waals surface area contributed by atoms with Crippen molar-refractivity contribution in [3.05, 3.63) is 75.6 Å². The fourth-order valence-corrected chi connectivity index (χ4v) is 4.59. The van der Waals surface area contributed by atoms with Gasteiger partial charge in [-0.1, -0.05) is 44.2 Å². The molecule has 0 spiro atoms. The van der Waals surface area contributed by atoms with Crippen LogP contribution in [-0.4, -0.2) is 60.5 Å². The monoisotopic (exact) mass is 457 g/mol. The van der Waals surface area contributed by atoms with E-state index in [4.69, 9.17) is 4.74 Å². The molecule has 1 saturated heterocycles. The van der Waals surface area contributed by atoms with Gasteiger partial charge in [-0.15, -0.1) is 0 Å². The van der Waals surface area contributed by atoms with Gasteiger partial charge in [0.05, 0.1) is 11.5 Å². The summed E-state index contributed by atoms with van der Waals surface area (Å²) >= 11 is 0. The Morgan fingerprint density at radius 2 is 2.00 bits per heavy atom. The van der Waals surface area contributed by atoms with Gasteiger partial charge in [-0.25, -0.2) is 4.39 Å². The third kappa shape index (κ3) is 6.36. The first kappa shape index (κ1) is 24.8. The molecule has 33 heavy (non-hydrogen) atoms. The number of hydrogen-bond acceptors (Lipinski definition) is 5. The number of halogens is 1. The van der Waals surface area contributed by atoms with Crippen LogP contribution in [0.2, 0.25) is 0 Å². The zero-order valence-electron chi connectivity index (χ0n) is 19.4. The summed E-state index contributed by atoms with van der Waals surface area (Å²) in [6.07, 6.45) is 0. The van der Waals surface area contributed by atoms with Gasteiger partial charge in [0.2, 0.25) is 5.91 Å². The number of carbonyl (C=O) groups excluding carboxylic acids is 1. The number of hydrogen-bond donors (Lipinski definition) is 0. The highest BCUT2D eigenvalue weighted by Gasteiger charge is 2.36. The molecule has 3 rings (SSSR count). The molecule has 1 aliphatic rings. The number of methoxy groups -OCH3 is 1. The number of nitro groups is 1. The highest BCUT2D eigenvalue weighted by atomic mass is 19.1. The molecular formula is C25H32FN3O4. The van der Waals surface area contributed by atoms with Gasteiger partial charge in [-0.3, -0.25) is 19.8 Å². The average molecular weight is 458 g/mol. The molecule has 0 radical (unpaired) electrons. The van der Waals surface area contributed by atoms with Crippen molar-refractivity contribution in [3.8, 4) is 0 Å². The maximum Gasteiger partial charge on any atom is 0.273 e. The first-order valence-electron chi connectivity index (χ1n) is 11.3. The zero-order valence-corrected chi connectivity index (χ0v) is 19.4. The van der Waals surface area contributed by atoms with E-state index in [0.29, 0.717) is 44.9 Å². The predicted molar refractivity (Wildman–Crippen MR) is 124 cm³/mol. The van der Waals surface area contributed by atoms with E-state index >= 15 is 0 Å². The Bertz CT molecular complexity index is 968. The molecule has 0 saturated carbocycles. The lowest BCUT2D eigenvalue weighted by Crippen LogP contribution is -2.41. The molecule has 0 N–H and O–H groups in total. The van der Waals surface area contributed by atoms with Gasteiger partial charge in [0, 0.05) is 63.3 Å². The molecule has 2 atom stereocenters. The van der Waals surface area contributed by atoms with E-state index in [1.807, 2.05) is 24.8 Å². The number of para-hydroxylation sites is 1.